The summed E-state index contributed by atoms with van der Waals surface area (Å²) >= 11 is 7.49. The molecule has 0 spiro atoms. The van der Waals surface area contributed by atoms with E-state index in [-0.39, 0.29) is 30.3 Å². The Kier molecular flexibility index (Phi) is 6.55. The van der Waals surface area contributed by atoms with Crippen LogP contribution in [0.2, 0.25) is 0 Å². The van der Waals surface area contributed by atoms with E-state index in [1.165, 1.54) is 16.0 Å². The van der Waals surface area contributed by atoms with Crippen molar-refractivity contribution in [1.82, 2.24) is 9.80 Å². The molecule has 0 fully saturated rings. The first-order chi connectivity index (χ1) is 13.1. The van der Waals surface area contributed by atoms with Gasteiger partial charge < -0.3 is 9.80 Å². The largest absolute Gasteiger partial charge is 0.332 e. The summed E-state index contributed by atoms with van der Waals surface area (Å²) in [5.74, 6) is -0.303. The van der Waals surface area contributed by atoms with Crippen LogP contribution in [0.5, 0.6) is 0 Å². The van der Waals surface area contributed by atoms with Gasteiger partial charge in [0.25, 0.3) is 0 Å². The lowest BCUT2D eigenvalue weighted by atomic mass is 9.90. The molecule has 1 aromatic carbocycles. The molecule has 144 valence electrons. The molecule has 2 aromatic rings. The third kappa shape index (κ3) is 4.19. The first kappa shape index (κ1) is 19.9. The van der Waals surface area contributed by atoms with E-state index in [1.807, 2.05) is 24.0 Å². The summed E-state index contributed by atoms with van der Waals surface area (Å²) in [6, 6.07) is 10.3. The monoisotopic (exact) mass is 404 g/mol. The van der Waals surface area contributed by atoms with E-state index in [2.05, 4.69) is 30.5 Å². The van der Waals surface area contributed by atoms with E-state index in [4.69, 9.17) is 11.6 Å². The summed E-state index contributed by atoms with van der Waals surface area (Å²) in [7, 11) is 0. The molecular weight excluding hydrogens is 380 g/mol. The average Bonchev–Trinajstić information content (AvgIpc) is 3.15. The fourth-order valence-electron chi connectivity index (χ4n) is 3.71. The Bertz CT molecular complexity index is 820. The molecule has 0 aliphatic carbocycles. The van der Waals surface area contributed by atoms with E-state index in [0.717, 1.165) is 18.4 Å². The number of alkyl halides is 1. The van der Waals surface area contributed by atoms with Crippen LogP contribution in [0.3, 0.4) is 0 Å². The van der Waals surface area contributed by atoms with Gasteiger partial charge in [-0.15, -0.1) is 22.9 Å². The van der Waals surface area contributed by atoms with Crippen LogP contribution in [0.1, 0.15) is 41.0 Å². The van der Waals surface area contributed by atoms with Gasteiger partial charge in [0, 0.05) is 18.0 Å². The Balaban J connectivity index is 1.92. The zero-order valence-electron chi connectivity index (χ0n) is 15.8. The second-order valence-electron chi connectivity index (χ2n) is 6.84. The van der Waals surface area contributed by atoms with Gasteiger partial charge in [-0.1, -0.05) is 31.2 Å². The van der Waals surface area contributed by atoms with Crippen LogP contribution in [0.4, 0.5) is 0 Å². The van der Waals surface area contributed by atoms with Crippen molar-refractivity contribution in [2.45, 2.75) is 32.7 Å². The minimum atomic E-state index is -0.187. The molecule has 0 radical (unpaired) electrons. The first-order valence-corrected chi connectivity index (χ1v) is 10.7. The Morgan fingerprint density at radius 3 is 2.74 bits per heavy atom. The van der Waals surface area contributed by atoms with Crippen molar-refractivity contribution in [3.05, 3.63) is 57.3 Å². The molecule has 2 amide bonds. The Labute approximate surface area is 169 Å². The Morgan fingerprint density at radius 1 is 1.26 bits per heavy atom. The maximum absolute atomic E-state index is 13.2. The van der Waals surface area contributed by atoms with Gasteiger partial charge in [-0.2, -0.15) is 0 Å². The van der Waals surface area contributed by atoms with E-state index in [1.54, 1.807) is 16.2 Å². The maximum Gasteiger partial charge on any atom is 0.242 e. The average molecular weight is 405 g/mol. The molecule has 4 nitrogen and oxygen atoms in total. The lowest BCUT2D eigenvalue weighted by molar-refractivity contribution is -0.140. The molecule has 0 unspecified atom stereocenters. The predicted octanol–water partition coefficient (Wildman–Crippen LogP) is 4.01. The fraction of sp³-hybridized carbons (Fsp3) is 0.429. The predicted molar refractivity (Wildman–Crippen MR) is 110 cm³/mol. The number of hydrogen-bond donors (Lipinski definition) is 0. The number of halogens is 1. The van der Waals surface area contributed by atoms with Crippen LogP contribution < -0.4 is 0 Å². The van der Waals surface area contributed by atoms with Crippen LogP contribution in [0.25, 0.3) is 0 Å². The molecule has 0 N–H and O–H groups in total. The summed E-state index contributed by atoms with van der Waals surface area (Å²) in [4.78, 5) is 30.2. The molecule has 1 aliphatic rings. The molecule has 2 heterocycles. The van der Waals surface area contributed by atoms with Gasteiger partial charge in [0.1, 0.15) is 5.88 Å². The zero-order valence-corrected chi connectivity index (χ0v) is 17.4. The summed E-state index contributed by atoms with van der Waals surface area (Å²) in [6.07, 6.45) is 1.66. The van der Waals surface area contributed by atoms with Crippen LogP contribution in [0.15, 0.2) is 35.7 Å². The van der Waals surface area contributed by atoms with Crippen LogP contribution in [0, 0.1) is 6.92 Å². The fourth-order valence-corrected chi connectivity index (χ4v) is 4.79. The van der Waals surface area contributed by atoms with Crippen molar-refractivity contribution in [1.29, 1.82) is 0 Å². The summed E-state index contributed by atoms with van der Waals surface area (Å²) in [5.41, 5.74) is 3.53. The summed E-state index contributed by atoms with van der Waals surface area (Å²) in [5, 5.41) is 2.10. The van der Waals surface area contributed by atoms with Crippen molar-refractivity contribution in [2.24, 2.45) is 0 Å². The number of rotatable bonds is 6. The third-order valence-electron chi connectivity index (χ3n) is 5.06. The first-order valence-electron chi connectivity index (χ1n) is 9.31. The maximum atomic E-state index is 13.2. The number of carbonyl (C=O) groups is 2. The number of amides is 2. The number of nitrogens with zero attached hydrogens (tertiary/aromatic N) is 2. The second-order valence-corrected chi connectivity index (χ2v) is 8.11. The quantitative estimate of drug-likeness (QED) is 0.682. The van der Waals surface area contributed by atoms with E-state index >= 15 is 0 Å². The number of aryl methyl sites for hydroxylation is 1. The molecule has 0 saturated carbocycles. The zero-order chi connectivity index (χ0) is 19.4. The van der Waals surface area contributed by atoms with Crippen molar-refractivity contribution in [2.75, 3.05) is 25.5 Å². The Hall–Kier alpha value is -1.85. The Morgan fingerprint density at radius 2 is 2.04 bits per heavy atom. The molecule has 3 rings (SSSR count). The van der Waals surface area contributed by atoms with Crippen LogP contribution >= 0.6 is 22.9 Å². The normalized spacial score (nSPS) is 16.1. The molecule has 1 aliphatic heterocycles. The molecule has 0 bridgehead atoms. The number of thiophene rings is 1. The van der Waals surface area contributed by atoms with Crippen molar-refractivity contribution in [3.63, 3.8) is 0 Å². The molecule has 1 aromatic heterocycles. The van der Waals surface area contributed by atoms with Crippen molar-refractivity contribution >= 4 is 34.8 Å². The van der Waals surface area contributed by atoms with E-state index < -0.39 is 0 Å². The molecular formula is C21H25ClN2O2S. The van der Waals surface area contributed by atoms with Gasteiger partial charge in [0.15, 0.2) is 0 Å². The van der Waals surface area contributed by atoms with Gasteiger partial charge in [-0.05, 0) is 47.9 Å². The summed E-state index contributed by atoms with van der Waals surface area (Å²) < 4.78 is 0. The lowest BCUT2D eigenvalue weighted by Crippen LogP contribution is -2.47. The van der Waals surface area contributed by atoms with Gasteiger partial charge in [-0.25, -0.2) is 0 Å². The highest BCUT2D eigenvalue weighted by atomic mass is 35.5. The van der Waals surface area contributed by atoms with Gasteiger partial charge in [0.2, 0.25) is 11.8 Å². The highest BCUT2D eigenvalue weighted by Gasteiger charge is 2.34. The standard InChI is InChI=1S/C21H25ClN2O2S/c1-3-10-23(19(25)13-22)14-20(26)24-11-8-18-17(9-12-27-18)21(24)16-7-5-4-6-15(16)2/h4-7,9,12,21H,3,8,10-11,13-14H2,1-2H3/t21-/m0/s1. The lowest BCUT2D eigenvalue weighted by Gasteiger charge is -2.38. The molecule has 0 saturated heterocycles. The minimum absolute atomic E-state index is 0.0213. The number of benzene rings is 1. The minimum Gasteiger partial charge on any atom is -0.332 e. The number of carbonyl (C=O) groups excluding carboxylic acids is 2. The molecule has 27 heavy (non-hydrogen) atoms. The van der Waals surface area contributed by atoms with Gasteiger partial charge >= 0.3 is 0 Å². The highest BCUT2D eigenvalue weighted by Crippen LogP contribution is 2.38. The summed E-state index contributed by atoms with van der Waals surface area (Å²) in [6.45, 7) is 5.37. The molecule has 1 atom stereocenters. The number of hydrogen-bond acceptors (Lipinski definition) is 3. The van der Waals surface area contributed by atoms with Crippen LogP contribution in [-0.4, -0.2) is 47.1 Å². The van der Waals surface area contributed by atoms with Gasteiger partial charge in [0.05, 0.1) is 12.6 Å². The van der Waals surface area contributed by atoms with Crippen molar-refractivity contribution in [3.8, 4) is 0 Å². The van der Waals surface area contributed by atoms with Crippen molar-refractivity contribution < 1.29 is 9.59 Å². The third-order valence-corrected chi connectivity index (χ3v) is 6.28. The van der Waals surface area contributed by atoms with E-state index in [9.17, 15) is 9.59 Å². The van der Waals surface area contributed by atoms with Crippen LogP contribution in [-0.2, 0) is 16.0 Å². The van der Waals surface area contributed by atoms with Gasteiger partial charge in [-0.3, -0.25) is 9.59 Å². The van der Waals surface area contributed by atoms with E-state index in [0.29, 0.717) is 13.1 Å². The SMILES string of the molecule is CCCN(CC(=O)N1CCc2sccc2[C@@H]1c1ccccc1C)C(=O)CCl. The number of fused-ring (bicyclic) bond motifs is 1. The second kappa shape index (κ2) is 8.89. The topological polar surface area (TPSA) is 40.6 Å². The smallest absolute Gasteiger partial charge is 0.242 e. The highest BCUT2D eigenvalue weighted by molar-refractivity contribution is 7.10. The molecule has 6 heteroatoms.